The Hall–Kier alpha value is -2.90. The van der Waals surface area contributed by atoms with Crippen LogP contribution < -0.4 is 10.6 Å². The van der Waals surface area contributed by atoms with E-state index in [1.807, 2.05) is 83.6 Å². The number of hydrogen-bond donors (Lipinski definition) is 2. The standard InChI is InChI=1S/C24H16Cl2N4S2/c25-17-8-4-15(5-9-17)21-13-32-24(29-21)28-20-3-1-2-19(12-20)27-22-14-31-23(30-22)16-6-10-18(26)11-7-16/h1-14,27H,(H,28,29). The van der Waals surface area contributed by atoms with Crippen LogP contribution in [0.3, 0.4) is 0 Å². The van der Waals surface area contributed by atoms with E-state index < -0.39 is 0 Å². The lowest BCUT2D eigenvalue weighted by molar-refractivity contribution is 1.37. The van der Waals surface area contributed by atoms with E-state index in [1.165, 1.54) is 0 Å². The second kappa shape index (κ2) is 9.30. The number of aromatic nitrogens is 2. The van der Waals surface area contributed by atoms with Crippen LogP contribution in [0.25, 0.3) is 21.8 Å². The number of benzene rings is 3. The molecular formula is C24H16Cl2N4S2. The quantitative estimate of drug-likeness (QED) is 0.247. The molecule has 0 spiro atoms. The molecule has 32 heavy (non-hydrogen) atoms. The lowest BCUT2D eigenvalue weighted by Crippen LogP contribution is -1.94. The van der Waals surface area contributed by atoms with Crippen molar-refractivity contribution in [2.75, 3.05) is 10.6 Å². The fraction of sp³-hybridized carbons (Fsp3) is 0. The fourth-order valence-corrected chi connectivity index (χ4v) is 4.84. The monoisotopic (exact) mass is 494 g/mol. The first kappa shape index (κ1) is 21.0. The summed E-state index contributed by atoms with van der Waals surface area (Å²) in [5.74, 6) is 0.802. The van der Waals surface area contributed by atoms with E-state index >= 15 is 0 Å². The molecule has 0 aliphatic heterocycles. The Kier molecular flexibility index (Phi) is 6.10. The lowest BCUT2D eigenvalue weighted by Gasteiger charge is -2.07. The average molecular weight is 495 g/mol. The van der Waals surface area contributed by atoms with Crippen molar-refractivity contribution in [2.45, 2.75) is 0 Å². The van der Waals surface area contributed by atoms with Gasteiger partial charge in [-0.2, -0.15) is 0 Å². The second-order valence-corrected chi connectivity index (χ2v) is 9.51. The van der Waals surface area contributed by atoms with Crippen LogP contribution in [0.4, 0.5) is 22.3 Å². The van der Waals surface area contributed by atoms with Crippen molar-refractivity contribution < 1.29 is 0 Å². The number of halogens is 2. The van der Waals surface area contributed by atoms with Crippen molar-refractivity contribution in [3.05, 3.63) is 93.6 Å². The van der Waals surface area contributed by atoms with Gasteiger partial charge in [0, 0.05) is 43.3 Å². The molecule has 0 saturated heterocycles. The summed E-state index contributed by atoms with van der Waals surface area (Å²) >= 11 is 15.1. The highest BCUT2D eigenvalue weighted by Gasteiger charge is 2.08. The summed E-state index contributed by atoms with van der Waals surface area (Å²) in [6.45, 7) is 0. The summed E-state index contributed by atoms with van der Waals surface area (Å²) in [6.07, 6.45) is 0. The molecule has 0 saturated carbocycles. The van der Waals surface area contributed by atoms with Crippen molar-refractivity contribution in [3.8, 4) is 21.8 Å². The Morgan fingerprint density at radius 2 is 1.31 bits per heavy atom. The first-order chi connectivity index (χ1) is 15.6. The van der Waals surface area contributed by atoms with E-state index in [1.54, 1.807) is 22.7 Å². The van der Waals surface area contributed by atoms with Gasteiger partial charge >= 0.3 is 0 Å². The zero-order valence-corrected chi connectivity index (χ0v) is 19.7. The van der Waals surface area contributed by atoms with Gasteiger partial charge in [-0.3, -0.25) is 0 Å². The van der Waals surface area contributed by atoms with Crippen molar-refractivity contribution in [1.29, 1.82) is 0 Å². The minimum atomic E-state index is 0.715. The maximum Gasteiger partial charge on any atom is 0.187 e. The largest absolute Gasteiger partial charge is 0.339 e. The predicted molar refractivity (Wildman–Crippen MR) is 138 cm³/mol. The number of nitrogens with one attached hydrogen (secondary N) is 2. The van der Waals surface area contributed by atoms with Gasteiger partial charge in [-0.1, -0.05) is 53.5 Å². The molecule has 0 bridgehead atoms. The summed E-state index contributed by atoms with van der Waals surface area (Å²) < 4.78 is 0. The fourth-order valence-electron chi connectivity index (χ4n) is 3.09. The third kappa shape index (κ3) is 4.95. The van der Waals surface area contributed by atoms with E-state index in [0.29, 0.717) is 10.0 Å². The summed E-state index contributed by atoms with van der Waals surface area (Å²) in [7, 11) is 0. The van der Waals surface area contributed by atoms with Crippen LogP contribution in [-0.2, 0) is 0 Å². The Morgan fingerprint density at radius 1 is 0.656 bits per heavy atom. The topological polar surface area (TPSA) is 49.8 Å². The Balaban J connectivity index is 1.28. The molecule has 158 valence electrons. The maximum atomic E-state index is 5.98. The van der Waals surface area contributed by atoms with Crippen LogP contribution in [0.15, 0.2) is 83.6 Å². The molecule has 2 N–H and O–H groups in total. The zero-order chi connectivity index (χ0) is 21.9. The van der Waals surface area contributed by atoms with Crippen LogP contribution in [0.2, 0.25) is 10.0 Å². The molecule has 0 amide bonds. The Labute approximate surface area is 203 Å². The highest BCUT2D eigenvalue weighted by molar-refractivity contribution is 7.14. The van der Waals surface area contributed by atoms with Gasteiger partial charge < -0.3 is 10.6 Å². The lowest BCUT2D eigenvalue weighted by atomic mass is 10.2. The molecule has 0 aliphatic rings. The third-order valence-corrected chi connectivity index (χ3v) is 6.78. The van der Waals surface area contributed by atoms with Crippen LogP contribution in [0.5, 0.6) is 0 Å². The number of nitrogens with zero attached hydrogens (tertiary/aromatic N) is 2. The molecule has 0 radical (unpaired) electrons. The minimum absolute atomic E-state index is 0.715. The number of anilines is 4. The molecule has 0 atom stereocenters. The van der Waals surface area contributed by atoms with Crippen LogP contribution >= 0.6 is 45.9 Å². The minimum Gasteiger partial charge on any atom is -0.339 e. The highest BCUT2D eigenvalue weighted by Crippen LogP contribution is 2.31. The molecule has 5 aromatic rings. The summed E-state index contributed by atoms with van der Waals surface area (Å²) in [5, 5.41) is 14.0. The molecule has 0 aliphatic carbocycles. The van der Waals surface area contributed by atoms with Crippen molar-refractivity contribution >= 4 is 68.2 Å². The third-order valence-electron chi connectivity index (χ3n) is 4.63. The van der Waals surface area contributed by atoms with Crippen LogP contribution in [0.1, 0.15) is 0 Å². The number of thiazole rings is 2. The normalized spacial score (nSPS) is 10.8. The molecule has 0 fully saturated rings. The molecular weight excluding hydrogens is 479 g/mol. The SMILES string of the molecule is Clc1ccc(-c2csc(Nc3cccc(Nc4csc(-c5ccc(Cl)cc5)n4)c3)n2)cc1. The molecule has 5 rings (SSSR count). The molecule has 2 aromatic heterocycles. The first-order valence-electron chi connectivity index (χ1n) is 9.69. The number of hydrogen-bond acceptors (Lipinski definition) is 6. The summed E-state index contributed by atoms with van der Waals surface area (Å²) in [6, 6.07) is 23.4. The molecule has 2 heterocycles. The van der Waals surface area contributed by atoms with Crippen molar-refractivity contribution in [3.63, 3.8) is 0 Å². The zero-order valence-electron chi connectivity index (χ0n) is 16.5. The smallest absolute Gasteiger partial charge is 0.187 e. The first-order valence-corrected chi connectivity index (χ1v) is 12.2. The Morgan fingerprint density at radius 3 is 2.03 bits per heavy atom. The molecule has 4 nitrogen and oxygen atoms in total. The van der Waals surface area contributed by atoms with Gasteiger partial charge in [0.05, 0.1) is 5.69 Å². The molecule has 8 heteroatoms. The van der Waals surface area contributed by atoms with Gasteiger partial charge in [0.2, 0.25) is 0 Å². The van der Waals surface area contributed by atoms with Crippen molar-refractivity contribution in [2.24, 2.45) is 0 Å². The maximum absolute atomic E-state index is 5.98. The van der Waals surface area contributed by atoms with Crippen LogP contribution in [0, 0.1) is 0 Å². The van der Waals surface area contributed by atoms with E-state index in [-0.39, 0.29) is 0 Å². The van der Waals surface area contributed by atoms with E-state index in [9.17, 15) is 0 Å². The molecule has 3 aromatic carbocycles. The van der Waals surface area contributed by atoms with Crippen molar-refractivity contribution in [1.82, 2.24) is 9.97 Å². The van der Waals surface area contributed by atoms with E-state index in [2.05, 4.69) is 20.6 Å². The Bertz CT molecular complexity index is 1240. The molecule has 0 unspecified atom stereocenters. The van der Waals surface area contributed by atoms with Gasteiger partial charge in [0.15, 0.2) is 5.13 Å². The summed E-state index contributed by atoms with van der Waals surface area (Å²) in [4.78, 5) is 9.37. The van der Waals surface area contributed by atoms with Gasteiger partial charge in [-0.15, -0.1) is 22.7 Å². The van der Waals surface area contributed by atoms with Gasteiger partial charge in [-0.05, 0) is 42.5 Å². The van der Waals surface area contributed by atoms with Gasteiger partial charge in [0.25, 0.3) is 0 Å². The van der Waals surface area contributed by atoms with Gasteiger partial charge in [0.1, 0.15) is 10.8 Å². The second-order valence-electron chi connectivity index (χ2n) is 6.92. The average Bonchev–Trinajstić information content (AvgIpc) is 3.45. The predicted octanol–water partition coefficient (Wildman–Crippen LogP) is 8.73. The highest BCUT2D eigenvalue weighted by atomic mass is 35.5. The van der Waals surface area contributed by atoms with E-state index in [4.69, 9.17) is 23.2 Å². The van der Waals surface area contributed by atoms with E-state index in [0.717, 1.165) is 44.2 Å². The van der Waals surface area contributed by atoms with Crippen LogP contribution in [-0.4, -0.2) is 9.97 Å². The van der Waals surface area contributed by atoms with Gasteiger partial charge in [-0.25, -0.2) is 9.97 Å². The number of rotatable bonds is 6. The summed E-state index contributed by atoms with van der Waals surface area (Å²) in [5.41, 5.74) is 4.88.